The van der Waals surface area contributed by atoms with Crippen LogP contribution in [-0.4, -0.2) is 10.7 Å². The van der Waals surface area contributed by atoms with Crippen molar-refractivity contribution in [3.63, 3.8) is 0 Å². The lowest BCUT2D eigenvalue weighted by Gasteiger charge is -2.32. The second-order valence-corrected chi connectivity index (χ2v) is 6.37. The van der Waals surface area contributed by atoms with Gasteiger partial charge < -0.3 is 5.11 Å². The van der Waals surface area contributed by atoms with Crippen molar-refractivity contribution in [1.29, 1.82) is 0 Å². The second-order valence-electron chi connectivity index (χ2n) is 6.37. The highest BCUT2D eigenvalue weighted by molar-refractivity contribution is 5.20. The van der Waals surface area contributed by atoms with Gasteiger partial charge in [-0.15, -0.1) is 0 Å². The summed E-state index contributed by atoms with van der Waals surface area (Å²) in [4.78, 5) is 0. The number of hydrogen-bond acceptors (Lipinski definition) is 1. The zero-order chi connectivity index (χ0) is 14.6. The topological polar surface area (TPSA) is 20.2 Å². The lowest BCUT2D eigenvalue weighted by molar-refractivity contribution is 0.000663. The third-order valence-electron chi connectivity index (χ3n) is 3.03. The van der Waals surface area contributed by atoms with Gasteiger partial charge in [0.05, 0.1) is 5.60 Å². The molecule has 1 aromatic rings. The van der Waals surface area contributed by atoms with E-state index in [0.29, 0.717) is 30.2 Å². The SMILES string of the molecule is CC(C)CC(O)(Cc1cc(F)cc(F)c1)CC(C)C. The summed E-state index contributed by atoms with van der Waals surface area (Å²) < 4.78 is 26.4. The monoisotopic (exact) mass is 270 g/mol. The van der Waals surface area contributed by atoms with Gasteiger partial charge in [-0.1, -0.05) is 27.7 Å². The van der Waals surface area contributed by atoms with Crippen molar-refractivity contribution in [3.8, 4) is 0 Å². The van der Waals surface area contributed by atoms with Crippen LogP contribution < -0.4 is 0 Å². The van der Waals surface area contributed by atoms with E-state index in [1.165, 1.54) is 12.1 Å². The van der Waals surface area contributed by atoms with Gasteiger partial charge in [-0.3, -0.25) is 0 Å². The maximum atomic E-state index is 13.2. The van der Waals surface area contributed by atoms with Crippen LogP contribution in [-0.2, 0) is 6.42 Å². The second kappa shape index (κ2) is 6.47. The van der Waals surface area contributed by atoms with Gasteiger partial charge in [0.1, 0.15) is 11.6 Å². The van der Waals surface area contributed by atoms with Crippen molar-refractivity contribution in [1.82, 2.24) is 0 Å². The van der Waals surface area contributed by atoms with Gasteiger partial charge in [-0.25, -0.2) is 8.78 Å². The molecule has 0 bridgehead atoms. The highest BCUT2D eigenvalue weighted by Gasteiger charge is 2.29. The van der Waals surface area contributed by atoms with Gasteiger partial charge in [0.25, 0.3) is 0 Å². The van der Waals surface area contributed by atoms with Crippen LogP contribution in [0, 0.1) is 23.5 Å². The fraction of sp³-hybridized carbons (Fsp3) is 0.625. The Kier molecular flexibility index (Phi) is 5.48. The Hall–Kier alpha value is -0.960. The van der Waals surface area contributed by atoms with Crippen LogP contribution in [0.4, 0.5) is 8.78 Å². The summed E-state index contributed by atoms with van der Waals surface area (Å²) in [6, 6.07) is 3.46. The summed E-state index contributed by atoms with van der Waals surface area (Å²) in [5.41, 5.74) is -0.385. The van der Waals surface area contributed by atoms with Crippen LogP contribution in [0.5, 0.6) is 0 Å². The molecule has 0 heterocycles. The minimum atomic E-state index is -0.900. The van der Waals surface area contributed by atoms with E-state index in [-0.39, 0.29) is 6.42 Å². The highest BCUT2D eigenvalue weighted by atomic mass is 19.1. The minimum Gasteiger partial charge on any atom is -0.390 e. The Morgan fingerprint density at radius 2 is 1.37 bits per heavy atom. The van der Waals surface area contributed by atoms with E-state index in [4.69, 9.17) is 0 Å². The molecule has 0 aliphatic carbocycles. The van der Waals surface area contributed by atoms with E-state index in [0.717, 1.165) is 6.07 Å². The summed E-state index contributed by atoms with van der Waals surface area (Å²) in [6.07, 6.45) is 1.55. The first kappa shape index (κ1) is 16.1. The molecule has 0 atom stereocenters. The summed E-state index contributed by atoms with van der Waals surface area (Å²) in [6.45, 7) is 8.16. The quantitative estimate of drug-likeness (QED) is 0.815. The maximum absolute atomic E-state index is 13.2. The number of benzene rings is 1. The molecule has 0 spiro atoms. The zero-order valence-corrected chi connectivity index (χ0v) is 12.2. The van der Waals surface area contributed by atoms with E-state index >= 15 is 0 Å². The van der Waals surface area contributed by atoms with E-state index in [1.54, 1.807) is 0 Å². The molecule has 1 rings (SSSR count). The predicted molar refractivity (Wildman–Crippen MR) is 73.9 cm³/mol. The van der Waals surface area contributed by atoms with E-state index < -0.39 is 17.2 Å². The van der Waals surface area contributed by atoms with E-state index in [1.807, 2.05) is 27.7 Å². The lowest BCUT2D eigenvalue weighted by Crippen LogP contribution is -2.35. The largest absolute Gasteiger partial charge is 0.390 e. The maximum Gasteiger partial charge on any atom is 0.126 e. The van der Waals surface area contributed by atoms with E-state index in [9.17, 15) is 13.9 Å². The van der Waals surface area contributed by atoms with Gasteiger partial charge in [0.2, 0.25) is 0 Å². The molecule has 0 saturated carbocycles. The lowest BCUT2D eigenvalue weighted by atomic mass is 9.80. The number of halogens is 2. The average molecular weight is 270 g/mol. The molecule has 0 saturated heterocycles. The van der Waals surface area contributed by atoms with Crippen molar-refractivity contribution >= 4 is 0 Å². The molecule has 0 aliphatic rings. The van der Waals surface area contributed by atoms with Gasteiger partial charge in [0, 0.05) is 12.5 Å². The molecule has 0 radical (unpaired) electrons. The summed E-state index contributed by atoms with van der Waals surface area (Å²) >= 11 is 0. The van der Waals surface area contributed by atoms with Crippen molar-refractivity contribution in [2.75, 3.05) is 0 Å². The molecule has 3 heteroatoms. The molecule has 19 heavy (non-hydrogen) atoms. The van der Waals surface area contributed by atoms with Gasteiger partial charge >= 0.3 is 0 Å². The molecule has 108 valence electrons. The molecule has 0 fully saturated rings. The predicted octanol–water partition coefficient (Wildman–Crippen LogP) is 4.33. The third-order valence-corrected chi connectivity index (χ3v) is 3.03. The number of aliphatic hydroxyl groups is 1. The molecular weight excluding hydrogens is 246 g/mol. The van der Waals surface area contributed by atoms with Crippen LogP contribution in [0.15, 0.2) is 18.2 Å². The Balaban J connectivity index is 2.92. The first-order valence-corrected chi connectivity index (χ1v) is 6.87. The first-order valence-electron chi connectivity index (χ1n) is 6.87. The van der Waals surface area contributed by atoms with Crippen LogP contribution >= 0.6 is 0 Å². The third kappa shape index (κ3) is 5.68. The van der Waals surface area contributed by atoms with Crippen molar-refractivity contribution in [2.24, 2.45) is 11.8 Å². The smallest absolute Gasteiger partial charge is 0.126 e. The molecule has 0 aromatic heterocycles. The summed E-state index contributed by atoms with van der Waals surface area (Å²) in [7, 11) is 0. The first-order chi connectivity index (χ1) is 8.70. The summed E-state index contributed by atoms with van der Waals surface area (Å²) in [5, 5.41) is 10.7. The molecule has 1 aromatic carbocycles. The fourth-order valence-corrected chi connectivity index (χ4v) is 2.84. The van der Waals surface area contributed by atoms with Crippen molar-refractivity contribution in [2.45, 2.75) is 52.6 Å². The molecule has 0 aliphatic heterocycles. The zero-order valence-electron chi connectivity index (χ0n) is 12.2. The molecule has 1 nitrogen and oxygen atoms in total. The Morgan fingerprint density at radius 1 is 0.947 bits per heavy atom. The van der Waals surface area contributed by atoms with Gasteiger partial charge in [0.15, 0.2) is 0 Å². The minimum absolute atomic E-state index is 0.290. The highest BCUT2D eigenvalue weighted by Crippen LogP contribution is 2.29. The van der Waals surface area contributed by atoms with Crippen LogP contribution in [0.25, 0.3) is 0 Å². The van der Waals surface area contributed by atoms with Gasteiger partial charge in [-0.05, 0) is 42.4 Å². The molecule has 1 N–H and O–H groups in total. The van der Waals surface area contributed by atoms with Crippen molar-refractivity contribution in [3.05, 3.63) is 35.4 Å². The summed E-state index contributed by atoms with van der Waals surface area (Å²) in [5.74, 6) is -0.512. The average Bonchev–Trinajstić information content (AvgIpc) is 2.10. The van der Waals surface area contributed by atoms with Gasteiger partial charge in [-0.2, -0.15) is 0 Å². The fourth-order valence-electron chi connectivity index (χ4n) is 2.84. The normalized spacial score (nSPS) is 12.5. The van der Waals surface area contributed by atoms with Crippen LogP contribution in [0.2, 0.25) is 0 Å². The van der Waals surface area contributed by atoms with E-state index in [2.05, 4.69) is 0 Å². The van der Waals surface area contributed by atoms with Crippen LogP contribution in [0.3, 0.4) is 0 Å². The standard InChI is InChI=1S/C16H24F2O/c1-11(2)8-16(19,9-12(3)4)10-13-5-14(17)7-15(18)6-13/h5-7,11-12,19H,8-10H2,1-4H3. The Bertz CT molecular complexity index is 383. The number of rotatable bonds is 6. The molecular formula is C16H24F2O. The Morgan fingerprint density at radius 3 is 1.74 bits per heavy atom. The Labute approximate surface area is 114 Å². The van der Waals surface area contributed by atoms with Crippen molar-refractivity contribution < 1.29 is 13.9 Å². The molecule has 0 unspecified atom stereocenters. The number of hydrogen-bond donors (Lipinski definition) is 1. The van der Waals surface area contributed by atoms with Crippen LogP contribution in [0.1, 0.15) is 46.1 Å². The molecule has 0 amide bonds.